The second-order valence-corrected chi connectivity index (χ2v) is 6.89. The fourth-order valence-electron chi connectivity index (χ4n) is 2.10. The SMILES string of the molecule is COc1ccc(CSc2n[nH]c(-c3ccc(C)cc3)n2)cc1Br. The Morgan fingerprint density at radius 1 is 1.17 bits per heavy atom. The van der Waals surface area contributed by atoms with Crippen LogP contribution in [-0.4, -0.2) is 22.3 Å². The summed E-state index contributed by atoms with van der Waals surface area (Å²) >= 11 is 5.10. The van der Waals surface area contributed by atoms with Crippen molar-refractivity contribution in [2.75, 3.05) is 7.11 Å². The molecule has 1 heterocycles. The van der Waals surface area contributed by atoms with Crippen molar-refractivity contribution in [3.63, 3.8) is 0 Å². The van der Waals surface area contributed by atoms with Crippen molar-refractivity contribution in [3.8, 4) is 17.1 Å². The van der Waals surface area contributed by atoms with Crippen molar-refractivity contribution >= 4 is 27.7 Å². The van der Waals surface area contributed by atoms with Crippen LogP contribution < -0.4 is 4.74 Å². The molecule has 0 amide bonds. The molecule has 3 rings (SSSR count). The number of hydrogen-bond donors (Lipinski definition) is 1. The minimum absolute atomic E-state index is 0.743. The smallest absolute Gasteiger partial charge is 0.209 e. The Bertz CT molecular complexity index is 802. The van der Waals surface area contributed by atoms with Gasteiger partial charge in [0.05, 0.1) is 11.6 Å². The normalized spacial score (nSPS) is 10.7. The maximum atomic E-state index is 5.24. The zero-order chi connectivity index (χ0) is 16.2. The van der Waals surface area contributed by atoms with Crippen molar-refractivity contribution in [3.05, 3.63) is 58.1 Å². The van der Waals surface area contributed by atoms with Gasteiger partial charge in [-0.1, -0.05) is 47.7 Å². The van der Waals surface area contributed by atoms with Crippen LogP contribution in [0.5, 0.6) is 5.75 Å². The predicted molar refractivity (Wildman–Crippen MR) is 96.8 cm³/mol. The van der Waals surface area contributed by atoms with Crippen molar-refractivity contribution < 1.29 is 4.74 Å². The summed E-state index contributed by atoms with van der Waals surface area (Å²) in [6.45, 7) is 2.07. The van der Waals surface area contributed by atoms with Gasteiger partial charge >= 0.3 is 0 Å². The van der Waals surface area contributed by atoms with Gasteiger partial charge in [0, 0.05) is 11.3 Å². The molecule has 0 aliphatic carbocycles. The van der Waals surface area contributed by atoms with Gasteiger partial charge in [-0.25, -0.2) is 4.98 Å². The van der Waals surface area contributed by atoms with E-state index in [4.69, 9.17) is 4.74 Å². The molecule has 0 saturated heterocycles. The minimum Gasteiger partial charge on any atom is -0.496 e. The Hall–Kier alpha value is -1.79. The first-order valence-electron chi connectivity index (χ1n) is 7.10. The van der Waals surface area contributed by atoms with Crippen LogP contribution in [0.1, 0.15) is 11.1 Å². The highest BCUT2D eigenvalue weighted by Gasteiger charge is 2.07. The monoisotopic (exact) mass is 389 g/mol. The van der Waals surface area contributed by atoms with E-state index in [-0.39, 0.29) is 0 Å². The number of thioether (sulfide) groups is 1. The summed E-state index contributed by atoms with van der Waals surface area (Å²) in [5, 5.41) is 8.02. The van der Waals surface area contributed by atoms with Gasteiger partial charge in [0.25, 0.3) is 0 Å². The van der Waals surface area contributed by atoms with E-state index in [1.165, 1.54) is 11.1 Å². The summed E-state index contributed by atoms with van der Waals surface area (Å²) in [5.41, 5.74) is 3.46. The van der Waals surface area contributed by atoms with E-state index in [0.29, 0.717) is 0 Å². The van der Waals surface area contributed by atoms with Crippen molar-refractivity contribution in [1.29, 1.82) is 0 Å². The lowest BCUT2D eigenvalue weighted by molar-refractivity contribution is 0.412. The summed E-state index contributed by atoms with van der Waals surface area (Å²) in [5.74, 6) is 2.43. The first kappa shape index (κ1) is 16.1. The Morgan fingerprint density at radius 3 is 2.65 bits per heavy atom. The molecule has 23 heavy (non-hydrogen) atoms. The Balaban J connectivity index is 1.67. The van der Waals surface area contributed by atoms with Crippen molar-refractivity contribution in [2.24, 2.45) is 0 Å². The highest BCUT2D eigenvalue weighted by Crippen LogP contribution is 2.28. The van der Waals surface area contributed by atoms with Crippen LogP contribution in [0.15, 0.2) is 52.1 Å². The average molecular weight is 390 g/mol. The topological polar surface area (TPSA) is 50.8 Å². The third kappa shape index (κ3) is 3.95. The standard InChI is InChI=1S/C17H16BrN3OS/c1-11-3-6-13(7-4-11)16-19-17(21-20-16)23-10-12-5-8-15(22-2)14(18)9-12/h3-9H,10H2,1-2H3,(H,19,20,21). The largest absolute Gasteiger partial charge is 0.496 e. The van der Waals surface area contributed by atoms with Crippen LogP contribution in [0.2, 0.25) is 0 Å². The van der Waals surface area contributed by atoms with Gasteiger partial charge in [-0.05, 0) is 40.5 Å². The number of nitrogens with zero attached hydrogens (tertiary/aromatic N) is 2. The molecule has 0 unspecified atom stereocenters. The van der Waals surface area contributed by atoms with E-state index in [1.807, 2.05) is 24.3 Å². The van der Waals surface area contributed by atoms with E-state index in [0.717, 1.165) is 32.5 Å². The van der Waals surface area contributed by atoms with E-state index < -0.39 is 0 Å². The molecule has 2 aromatic carbocycles. The highest BCUT2D eigenvalue weighted by atomic mass is 79.9. The van der Waals surface area contributed by atoms with Crippen LogP contribution in [0.25, 0.3) is 11.4 Å². The van der Waals surface area contributed by atoms with Gasteiger partial charge in [0.2, 0.25) is 5.16 Å². The predicted octanol–water partition coefficient (Wildman–Crippen LogP) is 4.84. The summed E-state index contributed by atoms with van der Waals surface area (Å²) in [7, 11) is 1.66. The molecule has 1 aromatic heterocycles. The van der Waals surface area contributed by atoms with E-state index in [2.05, 4.69) is 56.2 Å². The molecule has 0 radical (unpaired) electrons. The van der Waals surface area contributed by atoms with Crippen LogP contribution >= 0.6 is 27.7 Å². The molecular weight excluding hydrogens is 374 g/mol. The van der Waals surface area contributed by atoms with Gasteiger partial charge < -0.3 is 4.74 Å². The molecule has 0 fully saturated rings. The number of hydrogen-bond acceptors (Lipinski definition) is 4. The summed E-state index contributed by atoms with van der Waals surface area (Å²) in [6, 6.07) is 14.3. The lowest BCUT2D eigenvalue weighted by Gasteiger charge is -2.05. The third-order valence-corrected chi connectivity index (χ3v) is 4.91. The van der Waals surface area contributed by atoms with E-state index in [9.17, 15) is 0 Å². The van der Waals surface area contributed by atoms with Crippen LogP contribution in [-0.2, 0) is 5.75 Å². The zero-order valence-electron chi connectivity index (χ0n) is 12.8. The summed E-state index contributed by atoms with van der Waals surface area (Å²) in [6.07, 6.45) is 0. The number of aryl methyl sites for hydroxylation is 1. The molecule has 118 valence electrons. The van der Waals surface area contributed by atoms with Crippen molar-refractivity contribution in [1.82, 2.24) is 15.2 Å². The first-order chi connectivity index (χ1) is 11.2. The highest BCUT2D eigenvalue weighted by molar-refractivity contribution is 9.10. The van der Waals surface area contributed by atoms with Gasteiger partial charge in [-0.2, -0.15) is 0 Å². The number of aromatic nitrogens is 3. The zero-order valence-corrected chi connectivity index (χ0v) is 15.2. The molecule has 0 aliphatic rings. The fraction of sp³-hybridized carbons (Fsp3) is 0.176. The molecule has 0 bridgehead atoms. The number of halogens is 1. The average Bonchev–Trinajstić information content (AvgIpc) is 3.03. The number of nitrogens with one attached hydrogen (secondary N) is 1. The number of ether oxygens (including phenoxy) is 1. The van der Waals surface area contributed by atoms with Gasteiger partial charge in [-0.15, -0.1) is 5.10 Å². The third-order valence-electron chi connectivity index (χ3n) is 3.37. The molecule has 3 aromatic rings. The van der Waals surface area contributed by atoms with E-state index in [1.54, 1.807) is 18.9 Å². The van der Waals surface area contributed by atoms with Crippen LogP contribution in [0.3, 0.4) is 0 Å². The van der Waals surface area contributed by atoms with Gasteiger partial charge in [0.1, 0.15) is 5.75 Å². The van der Waals surface area contributed by atoms with Crippen molar-refractivity contribution in [2.45, 2.75) is 17.8 Å². The molecular formula is C17H16BrN3OS. The second kappa shape index (κ2) is 7.19. The fourth-order valence-corrected chi connectivity index (χ4v) is 3.43. The summed E-state index contributed by atoms with van der Waals surface area (Å²) < 4.78 is 6.19. The Labute approximate surface area is 147 Å². The number of aromatic amines is 1. The number of benzene rings is 2. The lowest BCUT2D eigenvalue weighted by Crippen LogP contribution is -1.87. The lowest BCUT2D eigenvalue weighted by atomic mass is 10.1. The summed E-state index contributed by atoms with van der Waals surface area (Å²) in [4.78, 5) is 4.54. The van der Waals surface area contributed by atoms with Crippen LogP contribution in [0.4, 0.5) is 0 Å². The number of methoxy groups -OCH3 is 1. The first-order valence-corrected chi connectivity index (χ1v) is 8.88. The molecule has 4 nitrogen and oxygen atoms in total. The number of H-pyrrole nitrogens is 1. The molecule has 0 spiro atoms. The van der Waals surface area contributed by atoms with E-state index >= 15 is 0 Å². The van der Waals surface area contributed by atoms with Crippen LogP contribution in [0, 0.1) is 6.92 Å². The Morgan fingerprint density at radius 2 is 1.96 bits per heavy atom. The molecule has 0 aliphatic heterocycles. The Kier molecular flexibility index (Phi) is 5.03. The van der Waals surface area contributed by atoms with Gasteiger partial charge in [-0.3, -0.25) is 5.10 Å². The molecule has 0 saturated carbocycles. The molecule has 6 heteroatoms. The quantitative estimate of drug-likeness (QED) is 0.634. The molecule has 0 atom stereocenters. The molecule has 1 N–H and O–H groups in total. The minimum atomic E-state index is 0.743. The maximum Gasteiger partial charge on any atom is 0.209 e. The van der Waals surface area contributed by atoms with Gasteiger partial charge in [0.15, 0.2) is 5.82 Å². The maximum absolute atomic E-state index is 5.24. The second-order valence-electron chi connectivity index (χ2n) is 5.09. The number of rotatable bonds is 5.